The van der Waals surface area contributed by atoms with Crippen molar-refractivity contribution in [2.24, 2.45) is 5.92 Å². The molecule has 1 saturated carbocycles. The van der Waals surface area contributed by atoms with Crippen LogP contribution in [0.2, 0.25) is 0 Å². The van der Waals surface area contributed by atoms with E-state index in [0.29, 0.717) is 18.4 Å². The molecular weight excluding hydrogens is 304 g/mol. The van der Waals surface area contributed by atoms with Gasteiger partial charge >= 0.3 is 0 Å². The maximum atomic E-state index is 13.1. The van der Waals surface area contributed by atoms with E-state index in [1.807, 2.05) is 32.0 Å². The first-order chi connectivity index (χ1) is 11.6. The molecule has 0 bridgehead atoms. The zero-order valence-electron chi connectivity index (χ0n) is 14.4. The van der Waals surface area contributed by atoms with Crippen LogP contribution in [-0.2, 0) is 9.59 Å². The summed E-state index contributed by atoms with van der Waals surface area (Å²) < 4.78 is 0. The van der Waals surface area contributed by atoms with Gasteiger partial charge in [0.1, 0.15) is 17.9 Å². The highest BCUT2D eigenvalue weighted by molar-refractivity contribution is 5.91. The normalized spacial score (nSPS) is 21.6. The molecular formula is C18H26N4O2. The second-order valence-corrected chi connectivity index (χ2v) is 7.05. The Kier molecular flexibility index (Phi) is 5.02. The van der Waals surface area contributed by atoms with Crippen LogP contribution in [0, 0.1) is 5.92 Å². The highest BCUT2D eigenvalue weighted by Crippen LogP contribution is 2.24. The van der Waals surface area contributed by atoms with Gasteiger partial charge in [0.2, 0.25) is 11.8 Å². The van der Waals surface area contributed by atoms with Gasteiger partial charge in [0, 0.05) is 18.8 Å². The number of rotatable bonds is 6. The smallest absolute Gasteiger partial charge is 0.246 e. The standard InChI is InChI=1S/C18H26N4O2/c1-12(2)16(21-15-7-3-4-10-19-15)18(24)22-11-5-6-14(22)17(23)20-13-8-9-13/h3-4,7,10,12-14,16H,5-6,8-9,11H2,1-2H3,(H,19,21)(H,20,23)/t14-,16?/m0/s1. The van der Waals surface area contributed by atoms with E-state index in [0.717, 1.165) is 25.7 Å². The van der Waals surface area contributed by atoms with Crippen molar-refractivity contribution in [3.05, 3.63) is 24.4 Å². The molecule has 6 nitrogen and oxygen atoms in total. The Bertz CT molecular complexity index is 586. The van der Waals surface area contributed by atoms with Gasteiger partial charge in [-0.15, -0.1) is 0 Å². The molecule has 3 rings (SSSR count). The average molecular weight is 330 g/mol. The van der Waals surface area contributed by atoms with Crippen LogP contribution in [0.3, 0.4) is 0 Å². The summed E-state index contributed by atoms with van der Waals surface area (Å²) in [4.78, 5) is 31.5. The van der Waals surface area contributed by atoms with E-state index >= 15 is 0 Å². The van der Waals surface area contributed by atoms with Crippen molar-refractivity contribution in [3.63, 3.8) is 0 Å². The van der Waals surface area contributed by atoms with Crippen molar-refractivity contribution >= 4 is 17.6 Å². The van der Waals surface area contributed by atoms with Gasteiger partial charge in [-0.05, 0) is 43.7 Å². The summed E-state index contributed by atoms with van der Waals surface area (Å²) >= 11 is 0. The molecule has 6 heteroatoms. The lowest BCUT2D eigenvalue weighted by atomic mass is 10.0. The van der Waals surface area contributed by atoms with Crippen LogP contribution in [-0.4, -0.2) is 46.4 Å². The lowest BCUT2D eigenvalue weighted by molar-refractivity contribution is -0.139. The molecule has 2 atom stereocenters. The van der Waals surface area contributed by atoms with Gasteiger partial charge in [-0.2, -0.15) is 0 Å². The SMILES string of the molecule is CC(C)C(Nc1ccccn1)C(=O)N1CCC[C@H]1C(=O)NC1CC1. The quantitative estimate of drug-likeness (QED) is 0.834. The van der Waals surface area contributed by atoms with Crippen LogP contribution in [0.5, 0.6) is 0 Å². The number of hydrogen-bond donors (Lipinski definition) is 2. The van der Waals surface area contributed by atoms with Crippen molar-refractivity contribution in [2.75, 3.05) is 11.9 Å². The molecule has 24 heavy (non-hydrogen) atoms. The molecule has 1 aromatic rings. The number of pyridine rings is 1. The van der Waals surface area contributed by atoms with Gasteiger partial charge in [-0.1, -0.05) is 19.9 Å². The second-order valence-electron chi connectivity index (χ2n) is 7.05. The number of amides is 2. The summed E-state index contributed by atoms with van der Waals surface area (Å²) in [5.74, 6) is 0.780. The Morgan fingerprint density at radius 3 is 2.67 bits per heavy atom. The van der Waals surface area contributed by atoms with Crippen LogP contribution >= 0.6 is 0 Å². The Hall–Kier alpha value is -2.11. The Morgan fingerprint density at radius 1 is 1.25 bits per heavy atom. The molecule has 2 amide bonds. The van der Waals surface area contributed by atoms with E-state index < -0.39 is 0 Å². The highest BCUT2D eigenvalue weighted by atomic mass is 16.2. The lowest BCUT2D eigenvalue weighted by Crippen LogP contribution is -2.52. The van der Waals surface area contributed by atoms with Gasteiger partial charge in [-0.25, -0.2) is 4.98 Å². The van der Waals surface area contributed by atoms with Gasteiger partial charge in [0.25, 0.3) is 0 Å². The van der Waals surface area contributed by atoms with E-state index in [1.165, 1.54) is 0 Å². The summed E-state index contributed by atoms with van der Waals surface area (Å²) in [5, 5.41) is 6.27. The number of nitrogens with zero attached hydrogens (tertiary/aromatic N) is 2. The molecule has 2 aliphatic rings. The zero-order valence-corrected chi connectivity index (χ0v) is 14.4. The van der Waals surface area contributed by atoms with Crippen LogP contribution in [0.25, 0.3) is 0 Å². The molecule has 130 valence electrons. The summed E-state index contributed by atoms with van der Waals surface area (Å²) in [6.07, 6.45) is 5.44. The molecule has 0 aromatic carbocycles. The fourth-order valence-electron chi connectivity index (χ4n) is 3.13. The van der Waals surface area contributed by atoms with Crippen molar-refractivity contribution in [3.8, 4) is 0 Å². The molecule has 1 aliphatic heterocycles. The number of nitrogens with one attached hydrogen (secondary N) is 2. The summed E-state index contributed by atoms with van der Waals surface area (Å²) in [6, 6.07) is 5.19. The molecule has 2 heterocycles. The third kappa shape index (κ3) is 3.86. The first-order valence-electron chi connectivity index (χ1n) is 8.84. The number of carbonyl (C=O) groups is 2. The van der Waals surface area contributed by atoms with Gasteiger partial charge in [0.15, 0.2) is 0 Å². The van der Waals surface area contributed by atoms with Gasteiger partial charge < -0.3 is 15.5 Å². The van der Waals surface area contributed by atoms with Crippen LogP contribution in [0.15, 0.2) is 24.4 Å². The predicted molar refractivity (Wildman–Crippen MR) is 92.4 cm³/mol. The van der Waals surface area contributed by atoms with E-state index in [4.69, 9.17) is 0 Å². The topological polar surface area (TPSA) is 74.3 Å². The largest absolute Gasteiger partial charge is 0.358 e. The zero-order chi connectivity index (χ0) is 17.1. The molecule has 1 aromatic heterocycles. The Balaban J connectivity index is 1.69. The summed E-state index contributed by atoms with van der Waals surface area (Å²) in [7, 11) is 0. The third-order valence-corrected chi connectivity index (χ3v) is 4.66. The molecule has 2 fully saturated rings. The molecule has 1 aliphatic carbocycles. The van der Waals surface area contributed by atoms with Crippen LogP contribution < -0.4 is 10.6 Å². The average Bonchev–Trinajstić information content (AvgIpc) is 3.24. The van der Waals surface area contributed by atoms with E-state index in [9.17, 15) is 9.59 Å². The second kappa shape index (κ2) is 7.20. The number of anilines is 1. The number of hydrogen-bond acceptors (Lipinski definition) is 4. The maximum absolute atomic E-state index is 13.1. The van der Waals surface area contributed by atoms with Crippen molar-refractivity contribution < 1.29 is 9.59 Å². The fraction of sp³-hybridized carbons (Fsp3) is 0.611. The minimum Gasteiger partial charge on any atom is -0.358 e. The van der Waals surface area contributed by atoms with Gasteiger partial charge in [0.05, 0.1) is 0 Å². The minimum absolute atomic E-state index is 0.00342. The van der Waals surface area contributed by atoms with Gasteiger partial charge in [-0.3, -0.25) is 9.59 Å². The predicted octanol–water partition coefficient (Wildman–Crippen LogP) is 1.79. The van der Waals surface area contributed by atoms with Crippen molar-refractivity contribution in [1.82, 2.24) is 15.2 Å². The Labute approximate surface area is 143 Å². The van der Waals surface area contributed by atoms with Crippen molar-refractivity contribution in [2.45, 2.75) is 57.7 Å². The molecule has 0 spiro atoms. The van der Waals surface area contributed by atoms with E-state index in [-0.39, 0.29) is 29.8 Å². The molecule has 1 unspecified atom stereocenters. The van der Waals surface area contributed by atoms with E-state index in [1.54, 1.807) is 11.1 Å². The summed E-state index contributed by atoms with van der Waals surface area (Å²) in [6.45, 7) is 4.66. The van der Waals surface area contributed by atoms with E-state index in [2.05, 4.69) is 15.6 Å². The monoisotopic (exact) mass is 330 g/mol. The molecule has 2 N–H and O–H groups in total. The van der Waals surface area contributed by atoms with Crippen molar-refractivity contribution in [1.29, 1.82) is 0 Å². The lowest BCUT2D eigenvalue weighted by Gasteiger charge is -2.30. The Morgan fingerprint density at radius 2 is 2.04 bits per heavy atom. The molecule has 0 radical (unpaired) electrons. The summed E-state index contributed by atoms with van der Waals surface area (Å²) in [5.41, 5.74) is 0. The van der Waals surface area contributed by atoms with Crippen LogP contribution in [0.1, 0.15) is 39.5 Å². The van der Waals surface area contributed by atoms with Crippen LogP contribution in [0.4, 0.5) is 5.82 Å². The maximum Gasteiger partial charge on any atom is 0.246 e. The number of aromatic nitrogens is 1. The third-order valence-electron chi connectivity index (χ3n) is 4.66. The number of likely N-dealkylation sites (tertiary alicyclic amines) is 1. The molecule has 1 saturated heterocycles. The fourth-order valence-corrected chi connectivity index (χ4v) is 3.13. The minimum atomic E-state index is -0.380. The first kappa shape index (κ1) is 16.7. The highest BCUT2D eigenvalue weighted by Gasteiger charge is 2.39. The first-order valence-corrected chi connectivity index (χ1v) is 8.84. The number of carbonyl (C=O) groups excluding carboxylic acids is 2.